The lowest BCUT2D eigenvalue weighted by molar-refractivity contribution is 0.0403. The van der Waals surface area contributed by atoms with E-state index in [1.165, 1.54) is 6.20 Å². The van der Waals surface area contributed by atoms with E-state index in [2.05, 4.69) is 26.2 Å². The first-order chi connectivity index (χ1) is 11.2. The zero-order valence-corrected chi connectivity index (χ0v) is 15.6. The van der Waals surface area contributed by atoms with Crippen molar-refractivity contribution in [2.24, 2.45) is 0 Å². The van der Waals surface area contributed by atoms with E-state index < -0.39 is 11.7 Å². The summed E-state index contributed by atoms with van der Waals surface area (Å²) in [7, 11) is 0. The van der Waals surface area contributed by atoms with E-state index in [4.69, 9.17) is 9.15 Å². The number of amides is 2. The SMILES string of the molecule is CC(C)(C)OC(=O)NC1CC2CCC(C1)N2C(=O)c1ncc(Br)o1. The Bertz CT molecular complexity index is 626. The van der Waals surface area contributed by atoms with Crippen LogP contribution in [0.2, 0.25) is 0 Å². The molecule has 2 aliphatic heterocycles. The predicted molar refractivity (Wildman–Crippen MR) is 89.6 cm³/mol. The number of nitrogens with zero attached hydrogens (tertiary/aromatic N) is 2. The molecular formula is C16H22BrN3O4. The maximum Gasteiger partial charge on any atom is 0.407 e. The third-order valence-electron chi connectivity index (χ3n) is 4.35. The number of nitrogens with one attached hydrogen (secondary N) is 1. The Morgan fingerprint density at radius 1 is 1.33 bits per heavy atom. The molecule has 2 saturated heterocycles. The van der Waals surface area contributed by atoms with Crippen molar-refractivity contribution in [1.29, 1.82) is 0 Å². The number of rotatable bonds is 2. The topological polar surface area (TPSA) is 84.7 Å². The largest absolute Gasteiger partial charge is 0.444 e. The van der Waals surface area contributed by atoms with Gasteiger partial charge in [0.2, 0.25) is 0 Å². The van der Waals surface area contributed by atoms with Crippen LogP contribution in [-0.2, 0) is 4.74 Å². The number of ether oxygens (including phenoxy) is 1. The third-order valence-corrected chi connectivity index (χ3v) is 4.72. The molecule has 2 unspecified atom stereocenters. The van der Waals surface area contributed by atoms with Crippen molar-refractivity contribution >= 4 is 27.9 Å². The zero-order chi connectivity index (χ0) is 17.5. The second-order valence-electron chi connectivity index (χ2n) is 7.38. The Kier molecular flexibility index (Phi) is 4.59. The molecule has 1 N–H and O–H groups in total. The Morgan fingerprint density at radius 3 is 2.46 bits per heavy atom. The number of piperidine rings is 1. The van der Waals surface area contributed by atoms with Gasteiger partial charge in [0.15, 0.2) is 4.67 Å². The first-order valence-electron chi connectivity index (χ1n) is 8.16. The quantitative estimate of drug-likeness (QED) is 0.825. The molecule has 7 nitrogen and oxygen atoms in total. The van der Waals surface area contributed by atoms with Gasteiger partial charge in [0.25, 0.3) is 5.89 Å². The zero-order valence-electron chi connectivity index (χ0n) is 14.0. The highest BCUT2D eigenvalue weighted by atomic mass is 79.9. The van der Waals surface area contributed by atoms with E-state index in [-0.39, 0.29) is 29.9 Å². The van der Waals surface area contributed by atoms with Gasteiger partial charge in [-0.25, -0.2) is 9.78 Å². The molecule has 2 bridgehead atoms. The number of hydrogen-bond acceptors (Lipinski definition) is 5. The normalized spacial score (nSPS) is 26.3. The number of carbonyl (C=O) groups is 2. The Morgan fingerprint density at radius 2 is 1.96 bits per heavy atom. The van der Waals surface area contributed by atoms with Crippen molar-refractivity contribution in [1.82, 2.24) is 15.2 Å². The number of alkyl carbamates (subject to hydrolysis) is 1. The molecule has 132 valence electrons. The molecule has 2 aliphatic rings. The van der Waals surface area contributed by atoms with Crippen LogP contribution in [0.3, 0.4) is 0 Å². The Hall–Kier alpha value is -1.57. The smallest absolute Gasteiger partial charge is 0.407 e. The van der Waals surface area contributed by atoms with Crippen LogP contribution in [0.25, 0.3) is 0 Å². The second-order valence-corrected chi connectivity index (χ2v) is 8.16. The molecule has 0 radical (unpaired) electrons. The molecule has 2 atom stereocenters. The molecule has 0 spiro atoms. The first-order valence-corrected chi connectivity index (χ1v) is 8.96. The monoisotopic (exact) mass is 399 g/mol. The van der Waals surface area contributed by atoms with Gasteiger partial charge < -0.3 is 19.4 Å². The van der Waals surface area contributed by atoms with Crippen molar-refractivity contribution < 1.29 is 18.7 Å². The molecule has 3 rings (SSSR count). The summed E-state index contributed by atoms with van der Waals surface area (Å²) in [5.74, 6) is -0.0683. The average molecular weight is 400 g/mol. The van der Waals surface area contributed by atoms with Crippen LogP contribution < -0.4 is 5.32 Å². The molecule has 0 aromatic carbocycles. The molecule has 1 aromatic rings. The third kappa shape index (κ3) is 3.74. The van der Waals surface area contributed by atoms with Gasteiger partial charge in [-0.1, -0.05) is 0 Å². The fourth-order valence-corrected chi connectivity index (χ4v) is 3.82. The highest BCUT2D eigenvalue weighted by molar-refractivity contribution is 9.10. The van der Waals surface area contributed by atoms with E-state index in [0.29, 0.717) is 4.67 Å². The summed E-state index contributed by atoms with van der Waals surface area (Å²) in [6.07, 6.45) is 4.40. The fraction of sp³-hybridized carbons (Fsp3) is 0.688. The molecular weight excluding hydrogens is 378 g/mol. The van der Waals surface area contributed by atoms with Crippen molar-refractivity contribution in [2.45, 2.75) is 70.2 Å². The first kappa shape index (κ1) is 17.3. The summed E-state index contributed by atoms with van der Waals surface area (Å²) >= 11 is 3.17. The van der Waals surface area contributed by atoms with Crippen LogP contribution in [0, 0.1) is 0 Å². The number of carbonyl (C=O) groups excluding carboxylic acids is 2. The minimum Gasteiger partial charge on any atom is -0.444 e. The Labute approximate surface area is 149 Å². The lowest BCUT2D eigenvalue weighted by Gasteiger charge is -2.38. The average Bonchev–Trinajstić information content (AvgIpc) is 2.98. The van der Waals surface area contributed by atoms with Gasteiger partial charge in [0.05, 0.1) is 6.20 Å². The van der Waals surface area contributed by atoms with Crippen molar-refractivity contribution in [2.75, 3.05) is 0 Å². The number of oxazole rings is 1. The molecule has 24 heavy (non-hydrogen) atoms. The van der Waals surface area contributed by atoms with Crippen LogP contribution in [-0.4, -0.2) is 45.6 Å². The van der Waals surface area contributed by atoms with Gasteiger partial charge in [-0.3, -0.25) is 4.79 Å². The summed E-state index contributed by atoms with van der Waals surface area (Å²) in [6.45, 7) is 5.52. The minimum atomic E-state index is -0.516. The van der Waals surface area contributed by atoms with Crippen LogP contribution in [0.15, 0.2) is 15.3 Å². The molecule has 8 heteroatoms. The van der Waals surface area contributed by atoms with Gasteiger partial charge in [-0.05, 0) is 62.4 Å². The van der Waals surface area contributed by atoms with E-state index in [1.807, 2.05) is 25.7 Å². The van der Waals surface area contributed by atoms with Gasteiger partial charge in [-0.15, -0.1) is 0 Å². The molecule has 0 aliphatic carbocycles. The van der Waals surface area contributed by atoms with Crippen LogP contribution >= 0.6 is 15.9 Å². The van der Waals surface area contributed by atoms with E-state index in [9.17, 15) is 9.59 Å². The van der Waals surface area contributed by atoms with E-state index in [0.717, 1.165) is 25.7 Å². The highest BCUT2D eigenvalue weighted by Gasteiger charge is 2.45. The van der Waals surface area contributed by atoms with Gasteiger partial charge in [0, 0.05) is 18.1 Å². The maximum atomic E-state index is 12.6. The van der Waals surface area contributed by atoms with Crippen molar-refractivity contribution in [3.8, 4) is 0 Å². The number of halogens is 1. The fourth-order valence-electron chi connectivity index (χ4n) is 3.56. The molecule has 2 amide bonds. The number of aromatic nitrogens is 1. The van der Waals surface area contributed by atoms with Crippen LogP contribution in [0.4, 0.5) is 4.79 Å². The number of fused-ring (bicyclic) bond motifs is 2. The summed E-state index contributed by atoms with van der Waals surface area (Å²) in [5.41, 5.74) is -0.516. The van der Waals surface area contributed by atoms with Crippen molar-refractivity contribution in [3.63, 3.8) is 0 Å². The van der Waals surface area contributed by atoms with E-state index in [1.54, 1.807) is 0 Å². The summed E-state index contributed by atoms with van der Waals surface area (Å²) < 4.78 is 11.1. The minimum absolute atomic E-state index is 0.0256. The molecule has 0 saturated carbocycles. The Balaban J connectivity index is 1.62. The van der Waals surface area contributed by atoms with Crippen LogP contribution in [0.5, 0.6) is 0 Å². The maximum absolute atomic E-state index is 12.6. The lowest BCUT2D eigenvalue weighted by Crippen LogP contribution is -2.53. The van der Waals surface area contributed by atoms with Gasteiger partial charge in [0.1, 0.15) is 5.60 Å². The second kappa shape index (κ2) is 6.38. The highest BCUT2D eigenvalue weighted by Crippen LogP contribution is 2.37. The van der Waals surface area contributed by atoms with Crippen LogP contribution in [0.1, 0.15) is 57.1 Å². The molecule has 3 heterocycles. The summed E-state index contributed by atoms with van der Waals surface area (Å²) in [5, 5.41) is 2.93. The number of hydrogen-bond donors (Lipinski definition) is 1. The van der Waals surface area contributed by atoms with E-state index >= 15 is 0 Å². The lowest BCUT2D eigenvalue weighted by atomic mass is 9.97. The molecule has 1 aromatic heterocycles. The van der Waals surface area contributed by atoms with Gasteiger partial charge in [-0.2, -0.15) is 0 Å². The molecule has 2 fully saturated rings. The predicted octanol–water partition coefficient (Wildman–Crippen LogP) is 3.10. The summed E-state index contributed by atoms with van der Waals surface area (Å²) in [4.78, 5) is 30.5. The van der Waals surface area contributed by atoms with Gasteiger partial charge >= 0.3 is 12.0 Å². The van der Waals surface area contributed by atoms with Crippen molar-refractivity contribution in [3.05, 3.63) is 16.8 Å². The summed E-state index contributed by atoms with van der Waals surface area (Å²) in [6, 6.07) is 0.224. The standard InChI is InChI=1S/C16H22BrN3O4/c1-16(2,3)24-15(22)19-9-6-10-4-5-11(7-9)20(10)14(21)13-18-8-12(17)23-13/h8-11H,4-7H2,1-3H3,(H,19,22).